The number of hydrogen-bond acceptors (Lipinski definition) is 2. The Morgan fingerprint density at radius 2 is 1.69 bits per heavy atom. The van der Waals surface area contributed by atoms with Gasteiger partial charge in [-0.25, -0.2) is 13.2 Å². The molecule has 1 aromatic rings. The Kier molecular flexibility index (Phi) is 7.65. The first-order valence-corrected chi connectivity index (χ1v) is 10.9. The summed E-state index contributed by atoms with van der Waals surface area (Å²) in [5.41, 5.74) is -1.07. The minimum absolute atomic E-state index is 0.0243. The molecule has 29 heavy (non-hydrogen) atoms. The van der Waals surface area contributed by atoms with E-state index in [1.165, 1.54) is 18.9 Å². The summed E-state index contributed by atoms with van der Waals surface area (Å²) in [5.74, 6) is 4.30. The predicted molar refractivity (Wildman–Crippen MR) is 107 cm³/mol. The van der Waals surface area contributed by atoms with E-state index in [9.17, 15) is 13.2 Å². The zero-order chi connectivity index (χ0) is 20.9. The summed E-state index contributed by atoms with van der Waals surface area (Å²) in [7, 11) is 0. The van der Waals surface area contributed by atoms with Crippen LogP contribution in [0.1, 0.15) is 82.3 Å². The van der Waals surface area contributed by atoms with Gasteiger partial charge in [-0.3, -0.25) is 0 Å². The van der Waals surface area contributed by atoms with Crippen LogP contribution in [0.5, 0.6) is 0 Å². The van der Waals surface area contributed by atoms with Crippen LogP contribution >= 0.6 is 0 Å². The van der Waals surface area contributed by atoms with Crippen LogP contribution in [0.3, 0.4) is 0 Å². The van der Waals surface area contributed by atoms with E-state index in [4.69, 9.17) is 9.47 Å². The second kappa shape index (κ2) is 10.00. The zero-order valence-electron chi connectivity index (χ0n) is 17.4. The number of halogens is 3. The van der Waals surface area contributed by atoms with Crippen LogP contribution in [-0.2, 0) is 9.47 Å². The summed E-state index contributed by atoms with van der Waals surface area (Å²) < 4.78 is 54.2. The van der Waals surface area contributed by atoms with Gasteiger partial charge in [0.05, 0.1) is 18.8 Å². The minimum Gasteiger partial charge on any atom is -0.339 e. The van der Waals surface area contributed by atoms with Crippen molar-refractivity contribution in [3.05, 3.63) is 34.9 Å². The molecule has 3 rings (SSSR count). The average molecular weight is 409 g/mol. The van der Waals surface area contributed by atoms with Crippen molar-refractivity contribution in [2.24, 2.45) is 5.92 Å². The molecule has 1 saturated heterocycles. The van der Waals surface area contributed by atoms with Gasteiger partial charge in [-0.2, -0.15) is 0 Å². The molecule has 1 saturated carbocycles. The number of rotatable bonds is 5. The average Bonchev–Trinajstić information content (AvgIpc) is 2.72. The van der Waals surface area contributed by atoms with Crippen molar-refractivity contribution in [1.29, 1.82) is 0 Å². The van der Waals surface area contributed by atoms with Crippen molar-refractivity contribution < 1.29 is 22.6 Å². The fourth-order valence-corrected chi connectivity index (χ4v) is 4.50. The quantitative estimate of drug-likeness (QED) is 0.535. The Morgan fingerprint density at radius 3 is 2.31 bits per heavy atom. The summed E-state index contributed by atoms with van der Waals surface area (Å²) in [6, 6.07) is 3.18. The van der Waals surface area contributed by atoms with Crippen molar-refractivity contribution in [2.45, 2.75) is 83.1 Å². The molecule has 1 aliphatic carbocycles. The molecule has 0 aromatic heterocycles. The van der Waals surface area contributed by atoms with E-state index in [2.05, 4.69) is 18.8 Å². The summed E-state index contributed by atoms with van der Waals surface area (Å²) in [6.45, 7) is 3.88. The molecule has 0 spiro atoms. The van der Waals surface area contributed by atoms with Crippen molar-refractivity contribution in [3.63, 3.8) is 0 Å². The lowest BCUT2D eigenvalue weighted by atomic mass is 9.77. The molecule has 0 atom stereocenters. The highest BCUT2D eigenvalue weighted by Gasteiger charge is 2.35. The fourth-order valence-electron chi connectivity index (χ4n) is 4.50. The Hall–Kier alpha value is -1.51. The van der Waals surface area contributed by atoms with Crippen molar-refractivity contribution in [3.8, 4) is 11.8 Å². The van der Waals surface area contributed by atoms with Crippen LogP contribution < -0.4 is 0 Å². The Morgan fingerprint density at radius 1 is 1.00 bits per heavy atom. The fraction of sp³-hybridized carbons (Fsp3) is 0.667. The maximum absolute atomic E-state index is 14.7. The molecular formula is C24H31F3O2. The summed E-state index contributed by atoms with van der Waals surface area (Å²) >= 11 is 0. The van der Waals surface area contributed by atoms with E-state index in [1.54, 1.807) is 6.07 Å². The van der Waals surface area contributed by atoms with Gasteiger partial charge in [0.15, 0.2) is 17.3 Å². The van der Waals surface area contributed by atoms with Crippen LogP contribution in [0.25, 0.3) is 0 Å². The van der Waals surface area contributed by atoms with Gasteiger partial charge in [-0.15, -0.1) is 0 Å². The monoisotopic (exact) mass is 408 g/mol. The van der Waals surface area contributed by atoms with Crippen molar-refractivity contribution in [2.75, 3.05) is 13.2 Å². The maximum Gasteiger partial charge on any atom is 0.223 e. The molecule has 160 valence electrons. The topological polar surface area (TPSA) is 18.5 Å². The highest BCUT2D eigenvalue weighted by molar-refractivity contribution is 5.40. The number of alkyl halides is 1. The van der Waals surface area contributed by atoms with Gasteiger partial charge >= 0.3 is 0 Å². The first-order chi connectivity index (χ1) is 14.0. The van der Waals surface area contributed by atoms with Crippen molar-refractivity contribution in [1.82, 2.24) is 0 Å². The third-order valence-electron chi connectivity index (χ3n) is 6.11. The molecule has 2 nitrogen and oxygen atoms in total. The van der Waals surface area contributed by atoms with Gasteiger partial charge < -0.3 is 9.47 Å². The van der Waals surface area contributed by atoms with E-state index in [0.29, 0.717) is 24.3 Å². The van der Waals surface area contributed by atoms with Crippen LogP contribution in [0, 0.1) is 29.4 Å². The van der Waals surface area contributed by atoms with Crippen LogP contribution in [0.2, 0.25) is 0 Å². The number of ether oxygens (including phenoxy) is 2. The van der Waals surface area contributed by atoms with E-state index < -0.39 is 23.6 Å². The molecule has 0 unspecified atom stereocenters. The smallest absolute Gasteiger partial charge is 0.223 e. The minimum atomic E-state index is -1.50. The second-order valence-electron chi connectivity index (χ2n) is 8.46. The van der Waals surface area contributed by atoms with Crippen molar-refractivity contribution >= 4 is 0 Å². The highest BCUT2D eigenvalue weighted by atomic mass is 19.2. The van der Waals surface area contributed by atoms with Crippen LogP contribution in [0.15, 0.2) is 12.1 Å². The molecular weight excluding hydrogens is 377 g/mol. The predicted octanol–water partition coefficient (Wildman–Crippen LogP) is 6.27. The number of benzene rings is 1. The number of hydrogen-bond donors (Lipinski definition) is 0. The molecule has 1 aromatic carbocycles. The summed E-state index contributed by atoms with van der Waals surface area (Å²) in [6.07, 6.45) is 6.46. The maximum atomic E-state index is 14.7. The van der Waals surface area contributed by atoms with E-state index in [1.807, 2.05) is 6.92 Å². The normalized spacial score (nSPS) is 29.9. The highest BCUT2D eigenvalue weighted by Crippen LogP contribution is 2.39. The largest absolute Gasteiger partial charge is 0.339 e. The van der Waals surface area contributed by atoms with Gasteiger partial charge in [0.2, 0.25) is 6.29 Å². The molecule has 0 N–H and O–H groups in total. The molecule has 0 radical (unpaired) electrons. The third kappa shape index (κ3) is 5.55. The lowest BCUT2D eigenvalue weighted by molar-refractivity contribution is -0.208. The first kappa shape index (κ1) is 22.2. The van der Waals surface area contributed by atoms with E-state index in [0.717, 1.165) is 25.7 Å². The van der Waals surface area contributed by atoms with E-state index in [-0.39, 0.29) is 24.7 Å². The standard InChI is InChI=1S/C24H31F3O2/c1-3-5-17-6-8-18(9-7-17)20-12-10-19(22(25)23(20)26)11-13-21-28-15-24(27,14-4-2)16-29-21/h10,12,17-18,21H,3-9,14-16H2,1-2H3. The molecule has 1 aliphatic heterocycles. The Balaban J connectivity index is 1.63. The molecule has 2 fully saturated rings. The lowest BCUT2D eigenvalue weighted by Gasteiger charge is -2.31. The van der Waals surface area contributed by atoms with Gasteiger partial charge in [0, 0.05) is 0 Å². The molecule has 5 heteroatoms. The molecule has 1 heterocycles. The van der Waals surface area contributed by atoms with Gasteiger partial charge in [0.1, 0.15) is 0 Å². The second-order valence-corrected chi connectivity index (χ2v) is 8.46. The van der Waals surface area contributed by atoms with Gasteiger partial charge in [-0.05, 0) is 61.5 Å². The Labute approximate surface area is 172 Å². The Bertz CT molecular complexity index is 736. The van der Waals surface area contributed by atoms with E-state index >= 15 is 0 Å². The van der Waals surface area contributed by atoms with Crippen LogP contribution in [-0.4, -0.2) is 25.2 Å². The molecule has 0 bridgehead atoms. The summed E-state index contributed by atoms with van der Waals surface area (Å²) in [4.78, 5) is 0. The third-order valence-corrected chi connectivity index (χ3v) is 6.11. The SMILES string of the molecule is CCCC1CCC(c2ccc(C#CC3OCC(F)(CCC)CO3)c(F)c2F)CC1. The van der Waals surface area contributed by atoms with Crippen LogP contribution in [0.4, 0.5) is 13.2 Å². The van der Waals surface area contributed by atoms with Gasteiger partial charge in [-0.1, -0.05) is 45.1 Å². The molecule has 2 aliphatic rings. The lowest BCUT2D eigenvalue weighted by Crippen LogP contribution is -2.43. The zero-order valence-corrected chi connectivity index (χ0v) is 17.4. The first-order valence-electron chi connectivity index (χ1n) is 10.9. The summed E-state index contributed by atoms with van der Waals surface area (Å²) in [5, 5.41) is 0. The molecule has 0 amide bonds. The van der Waals surface area contributed by atoms with Gasteiger partial charge in [0.25, 0.3) is 0 Å².